The maximum Gasteiger partial charge on any atom is 0.259 e. The molecule has 3 rings (SSSR count). The third-order valence-electron chi connectivity index (χ3n) is 4.42. The molecule has 0 aliphatic heterocycles. The van der Waals surface area contributed by atoms with Gasteiger partial charge in [-0.15, -0.1) is 0 Å². The van der Waals surface area contributed by atoms with E-state index in [0.717, 1.165) is 18.5 Å². The van der Waals surface area contributed by atoms with Gasteiger partial charge < -0.3 is 9.80 Å². The van der Waals surface area contributed by atoms with E-state index in [4.69, 9.17) is 0 Å². The minimum Gasteiger partial charge on any atom is -0.311 e. The van der Waals surface area contributed by atoms with Crippen LogP contribution in [-0.4, -0.2) is 25.9 Å². The smallest absolute Gasteiger partial charge is 0.259 e. The first-order chi connectivity index (χ1) is 13.4. The number of anilines is 2. The molecule has 0 fully saturated rings. The van der Waals surface area contributed by atoms with Gasteiger partial charge in [-0.05, 0) is 87.6 Å². The quantitative estimate of drug-likeness (QED) is 0.377. The number of hydrogen-bond acceptors (Lipinski definition) is 2. The number of rotatable bonds is 4. The van der Waals surface area contributed by atoms with Crippen LogP contribution in [0.1, 0.15) is 20.7 Å². The van der Waals surface area contributed by atoms with Gasteiger partial charge in [-0.25, -0.2) is 0 Å². The molecule has 0 N–H and O–H groups in total. The topological polar surface area (TPSA) is 40.6 Å². The molecule has 142 valence electrons. The second kappa shape index (κ2) is 9.04. The van der Waals surface area contributed by atoms with Crippen LogP contribution in [0.5, 0.6) is 0 Å². The van der Waals surface area contributed by atoms with Crippen LogP contribution in [0.2, 0.25) is 0 Å². The number of carbonyl (C=O) groups excluding carboxylic acids is 2. The second-order valence-corrected chi connectivity index (χ2v) is 8.53. The van der Waals surface area contributed by atoms with Crippen molar-refractivity contribution < 1.29 is 9.59 Å². The van der Waals surface area contributed by atoms with Crippen LogP contribution in [0.15, 0.2) is 72.8 Å². The fourth-order valence-electron chi connectivity index (χ4n) is 2.78. The molecule has 0 radical (unpaired) electrons. The average Bonchev–Trinajstić information content (AvgIpc) is 2.72. The van der Waals surface area contributed by atoms with E-state index >= 15 is 0 Å². The van der Waals surface area contributed by atoms with E-state index in [1.165, 1.54) is 0 Å². The molecular weight excluding hydrogens is 578 g/mol. The zero-order chi connectivity index (χ0) is 20.3. The molecule has 0 bridgehead atoms. The first-order valence-electron chi connectivity index (χ1n) is 8.55. The summed E-state index contributed by atoms with van der Waals surface area (Å²) in [5.74, 6) is -0.178. The van der Waals surface area contributed by atoms with Gasteiger partial charge in [-0.3, -0.25) is 9.59 Å². The van der Waals surface area contributed by atoms with Crippen molar-refractivity contribution >= 4 is 68.4 Å². The number of nitrogens with zero attached hydrogens (tertiary/aromatic N) is 2. The number of benzene rings is 3. The van der Waals surface area contributed by atoms with Gasteiger partial charge >= 0.3 is 0 Å². The number of carbonyl (C=O) groups is 2. The first-order valence-corrected chi connectivity index (χ1v) is 10.7. The largest absolute Gasteiger partial charge is 0.311 e. The predicted octanol–water partition coefficient (Wildman–Crippen LogP) is 5.45. The Morgan fingerprint density at radius 2 is 1.04 bits per heavy atom. The lowest BCUT2D eigenvalue weighted by Crippen LogP contribution is -2.29. The van der Waals surface area contributed by atoms with E-state index in [9.17, 15) is 9.59 Å². The van der Waals surface area contributed by atoms with E-state index < -0.39 is 0 Å². The van der Waals surface area contributed by atoms with Gasteiger partial charge in [-0.1, -0.05) is 30.3 Å². The van der Waals surface area contributed by atoms with Crippen molar-refractivity contribution in [1.29, 1.82) is 0 Å². The lowest BCUT2D eigenvalue weighted by atomic mass is 10.1. The molecule has 4 nitrogen and oxygen atoms in total. The molecule has 0 aliphatic carbocycles. The maximum atomic E-state index is 12.9. The Kier molecular flexibility index (Phi) is 6.71. The van der Waals surface area contributed by atoms with E-state index in [0.29, 0.717) is 11.1 Å². The Bertz CT molecular complexity index is 958. The fourth-order valence-corrected chi connectivity index (χ4v) is 4.01. The Hall–Kier alpha value is -1.94. The SMILES string of the molecule is CN(C(=O)c1ccccc1I)c1cccc(N(C)C(=O)c2ccccc2I)c1. The van der Waals surface area contributed by atoms with Crippen LogP contribution in [0, 0.1) is 7.14 Å². The van der Waals surface area contributed by atoms with Crippen molar-refractivity contribution in [2.45, 2.75) is 0 Å². The molecule has 2 amide bonds. The van der Waals surface area contributed by atoms with E-state index in [1.807, 2.05) is 72.8 Å². The van der Waals surface area contributed by atoms with Gasteiger partial charge in [0.2, 0.25) is 0 Å². The molecule has 0 atom stereocenters. The molecule has 0 aliphatic rings. The Labute approximate surface area is 191 Å². The third kappa shape index (κ3) is 4.38. The molecule has 0 spiro atoms. The highest BCUT2D eigenvalue weighted by molar-refractivity contribution is 14.1. The van der Waals surface area contributed by atoms with Crippen molar-refractivity contribution in [3.8, 4) is 0 Å². The molecule has 0 saturated carbocycles. The highest BCUT2D eigenvalue weighted by Crippen LogP contribution is 2.25. The standard InChI is InChI=1S/C22H18I2N2O2/c1-25(21(27)17-10-3-5-12-19(17)23)15-8-7-9-16(14-15)26(2)22(28)18-11-4-6-13-20(18)24/h3-14H,1-2H3. The monoisotopic (exact) mass is 596 g/mol. The number of amides is 2. The minimum atomic E-state index is -0.0891. The van der Waals surface area contributed by atoms with E-state index in [2.05, 4.69) is 45.2 Å². The number of halogens is 2. The molecule has 0 saturated heterocycles. The summed E-state index contributed by atoms with van der Waals surface area (Å²) in [6.45, 7) is 0. The zero-order valence-corrected chi connectivity index (χ0v) is 19.7. The summed E-state index contributed by atoms with van der Waals surface area (Å²) in [7, 11) is 3.49. The van der Waals surface area contributed by atoms with Crippen molar-refractivity contribution in [1.82, 2.24) is 0 Å². The predicted molar refractivity (Wildman–Crippen MR) is 130 cm³/mol. The summed E-state index contributed by atoms with van der Waals surface area (Å²) in [6, 6.07) is 22.4. The summed E-state index contributed by atoms with van der Waals surface area (Å²) >= 11 is 4.33. The van der Waals surface area contributed by atoms with Crippen LogP contribution in [0.25, 0.3) is 0 Å². The van der Waals surface area contributed by atoms with Gasteiger partial charge in [0.05, 0.1) is 11.1 Å². The van der Waals surface area contributed by atoms with Gasteiger partial charge in [0, 0.05) is 32.6 Å². The van der Waals surface area contributed by atoms with Crippen LogP contribution in [0.4, 0.5) is 11.4 Å². The van der Waals surface area contributed by atoms with Gasteiger partial charge in [0.1, 0.15) is 0 Å². The molecule has 3 aromatic rings. The summed E-state index contributed by atoms with van der Waals surface area (Å²) in [5, 5.41) is 0. The summed E-state index contributed by atoms with van der Waals surface area (Å²) in [4.78, 5) is 29.0. The van der Waals surface area contributed by atoms with Crippen LogP contribution in [-0.2, 0) is 0 Å². The van der Waals surface area contributed by atoms with Gasteiger partial charge in [-0.2, -0.15) is 0 Å². The fraction of sp³-hybridized carbons (Fsp3) is 0.0909. The maximum absolute atomic E-state index is 12.9. The minimum absolute atomic E-state index is 0.0891. The van der Waals surface area contributed by atoms with Crippen LogP contribution in [0.3, 0.4) is 0 Å². The average molecular weight is 596 g/mol. The summed E-state index contributed by atoms with van der Waals surface area (Å²) in [6.07, 6.45) is 0. The van der Waals surface area contributed by atoms with Gasteiger partial charge in [0.15, 0.2) is 0 Å². The van der Waals surface area contributed by atoms with Crippen molar-refractivity contribution in [2.24, 2.45) is 0 Å². The number of hydrogen-bond donors (Lipinski definition) is 0. The van der Waals surface area contributed by atoms with E-state index in [-0.39, 0.29) is 11.8 Å². The lowest BCUT2D eigenvalue weighted by molar-refractivity contribution is 0.0985. The molecule has 0 aromatic heterocycles. The molecule has 0 heterocycles. The van der Waals surface area contributed by atoms with Crippen molar-refractivity contribution in [3.05, 3.63) is 91.1 Å². The van der Waals surface area contributed by atoms with Crippen molar-refractivity contribution in [3.63, 3.8) is 0 Å². The normalized spacial score (nSPS) is 10.4. The molecule has 6 heteroatoms. The molecular formula is C22H18I2N2O2. The Morgan fingerprint density at radius 3 is 1.43 bits per heavy atom. The summed E-state index contributed by atoms with van der Waals surface area (Å²) < 4.78 is 1.80. The molecule has 28 heavy (non-hydrogen) atoms. The Morgan fingerprint density at radius 1 is 0.643 bits per heavy atom. The third-order valence-corrected chi connectivity index (χ3v) is 6.30. The second-order valence-electron chi connectivity index (χ2n) is 6.21. The highest BCUT2D eigenvalue weighted by atomic mass is 127. The van der Waals surface area contributed by atoms with Gasteiger partial charge in [0.25, 0.3) is 11.8 Å². The summed E-state index contributed by atoms with van der Waals surface area (Å²) in [5.41, 5.74) is 2.76. The highest BCUT2D eigenvalue weighted by Gasteiger charge is 2.19. The zero-order valence-electron chi connectivity index (χ0n) is 15.4. The van der Waals surface area contributed by atoms with Crippen LogP contribution >= 0.6 is 45.2 Å². The lowest BCUT2D eigenvalue weighted by Gasteiger charge is -2.22. The van der Waals surface area contributed by atoms with E-state index in [1.54, 1.807) is 23.9 Å². The Balaban J connectivity index is 1.88. The first kappa shape index (κ1) is 20.8. The van der Waals surface area contributed by atoms with Crippen molar-refractivity contribution in [2.75, 3.05) is 23.9 Å². The van der Waals surface area contributed by atoms with Crippen LogP contribution < -0.4 is 9.80 Å². The molecule has 3 aromatic carbocycles. The molecule has 0 unspecified atom stereocenters.